The van der Waals surface area contributed by atoms with Gasteiger partial charge in [-0.25, -0.2) is 0 Å². The second kappa shape index (κ2) is 10.4. The molecule has 0 bridgehead atoms. The quantitative estimate of drug-likeness (QED) is 0.307. The van der Waals surface area contributed by atoms with Gasteiger partial charge in [-0.15, -0.1) is 0 Å². The summed E-state index contributed by atoms with van der Waals surface area (Å²) in [5, 5.41) is 2.78. The van der Waals surface area contributed by atoms with Gasteiger partial charge in [-0.3, -0.25) is 0 Å². The molecule has 0 aliphatic rings. The van der Waals surface area contributed by atoms with Crippen molar-refractivity contribution in [2.24, 2.45) is 0 Å². The van der Waals surface area contributed by atoms with Gasteiger partial charge in [0.05, 0.1) is 0 Å². The van der Waals surface area contributed by atoms with Crippen molar-refractivity contribution in [2.75, 3.05) is 0 Å². The zero-order valence-corrected chi connectivity index (χ0v) is 19.5. The molecule has 136 valence electrons. The Labute approximate surface area is 159 Å². The van der Waals surface area contributed by atoms with Crippen LogP contribution in [0.3, 0.4) is 0 Å². The van der Waals surface area contributed by atoms with Crippen LogP contribution in [0.5, 0.6) is 0 Å². The first-order valence-electron chi connectivity index (χ1n) is 10.4. The van der Waals surface area contributed by atoms with Crippen LogP contribution in [-0.2, 0) is 0 Å². The summed E-state index contributed by atoms with van der Waals surface area (Å²) in [6, 6.07) is 15.7. The Kier molecular flexibility index (Phi) is 8.55. The van der Waals surface area contributed by atoms with Crippen LogP contribution in [0.4, 0.5) is 0 Å². The second-order valence-corrected chi connectivity index (χ2v) is 20.9. The average Bonchev–Trinajstić information content (AvgIpc) is 2.67. The van der Waals surface area contributed by atoms with Crippen molar-refractivity contribution >= 4 is 32.7 Å². The molecular weight excluding hydrogens is 407 g/mol. The number of benzene rings is 2. The van der Waals surface area contributed by atoms with Crippen LogP contribution in [0.25, 0.3) is 14.4 Å². The van der Waals surface area contributed by atoms with Crippen LogP contribution in [0.1, 0.15) is 64.9 Å². The molecule has 25 heavy (non-hydrogen) atoms. The van der Waals surface area contributed by atoms with Crippen molar-refractivity contribution < 1.29 is 0 Å². The molecular formula is C24H36Sn. The Hall–Kier alpha value is -0.761. The number of unbranched alkanes of at least 4 members (excludes halogenated alkanes) is 3. The first kappa shape index (κ1) is 20.5. The van der Waals surface area contributed by atoms with Crippen molar-refractivity contribution in [2.45, 2.75) is 72.6 Å². The number of hydrogen-bond donors (Lipinski definition) is 0. The molecule has 0 amide bonds. The van der Waals surface area contributed by atoms with Crippen molar-refractivity contribution in [3.8, 4) is 0 Å². The number of hydrogen-bond acceptors (Lipinski definition) is 0. The van der Waals surface area contributed by atoms with Crippen molar-refractivity contribution in [3.05, 3.63) is 54.6 Å². The summed E-state index contributed by atoms with van der Waals surface area (Å²) in [6.07, 6.45) is 8.15. The monoisotopic (exact) mass is 444 g/mol. The third-order valence-electron chi connectivity index (χ3n) is 5.78. The first-order chi connectivity index (χ1) is 12.2. The van der Waals surface area contributed by atoms with E-state index in [2.05, 4.69) is 63.2 Å². The molecule has 0 saturated heterocycles. The Morgan fingerprint density at radius 3 is 1.84 bits per heavy atom. The molecule has 0 saturated carbocycles. The summed E-state index contributed by atoms with van der Waals surface area (Å²) in [5.41, 5.74) is 1.47. The molecule has 1 heteroatoms. The standard InChI is InChI=1S/C12H9.3C4H9.Sn/c1-2-10-7-5-8-11-6-3-4-9-12(10)11;3*1-3-4-2;/h3-9H,1H2;3*1,3-4H2,2H3;. The zero-order valence-electron chi connectivity index (χ0n) is 16.6. The van der Waals surface area contributed by atoms with Gasteiger partial charge in [0.25, 0.3) is 0 Å². The molecule has 0 heterocycles. The van der Waals surface area contributed by atoms with Crippen LogP contribution >= 0.6 is 0 Å². The minimum absolute atomic E-state index is 1.32. The van der Waals surface area contributed by atoms with Crippen LogP contribution in [0.2, 0.25) is 13.3 Å². The Bertz CT molecular complexity index is 644. The maximum atomic E-state index is 4.80. The SMILES string of the molecule is C=[C](c1cccc2ccccc12)[Sn]([CH2]CCC)([CH2]CCC)[CH2]CCC. The summed E-state index contributed by atoms with van der Waals surface area (Å²) in [6.45, 7) is 11.8. The van der Waals surface area contributed by atoms with Gasteiger partial charge in [-0.1, -0.05) is 0 Å². The molecule has 0 aliphatic heterocycles. The third-order valence-corrected chi connectivity index (χ3v) is 21.4. The van der Waals surface area contributed by atoms with E-state index in [1.54, 1.807) is 3.59 Å². The van der Waals surface area contributed by atoms with Gasteiger partial charge in [0.15, 0.2) is 0 Å². The molecule has 0 aromatic heterocycles. The Balaban J connectivity index is 2.46. The fourth-order valence-electron chi connectivity index (χ4n) is 4.15. The zero-order chi connectivity index (χ0) is 18.1. The molecule has 2 aromatic carbocycles. The molecule has 0 fully saturated rings. The molecule has 0 radical (unpaired) electrons. The van der Waals surface area contributed by atoms with Crippen molar-refractivity contribution in [1.29, 1.82) is 0 Å². The van der Waals surface area contributed by atoms with E-state index in [-0.39, 0.29) is 0 Å². The van der Waals surface area contributed by atoms with E-state index >= 15 is 0 Å². The predicted octanol–water partition coefficient (Wildman–Crippen LogP) is 8.24. The van der Waals surface area contributed by atoms with E-state index in [0.717, 1.165) is 0 Å². The van der Waals surface area contributed by atoms with E-state index in [0.29, 0.717) is 0 Å². The van der Waals surface area contributed by atoms with Gasteiger partial charge in [0.1, 0.15) is 0 Å². The third kappa shape index (κ3) is 5.12. The second-order valence-electron chi connectivity index (χ2n) is 7.60. The van der Waals surface area contributed by atoms with E-state index < -0.39 is 18.4 Å². The molecule has 0 nitrogen and oxygen atoms in total. The summed E-state index contributed by atoms with van der Waals surface area (Å²) >= 11 is -2.43. The molecule has 0 N–H and O–H groups in total. The maximum absolute atomic E-state index is 4.80. The van der Waals surface area contributed by atoms with Gasteiger partial charge < -0.3 is 0 Å². The van der Waals surface area contributed by atoms with Gasteiger partial charge in [-0.2, -0.15) is 0 Å². The van der Waals surface area contributed by atoms with Crippen LogP contribution in [-0.4, -0.2) is 18.4 Å². The topological polar surface area (TPSA) is 0 Å². The van der Waals surface area contributed by atoms with E-state index in [9.17, 15) is 0 Å². The first-order valence-corrected chi connectivity index (χ1v) is 17.8. The summed E-state index contributed by atoms with van der Waals surface area (Å²) in [4.78, 5) is 0. The Morgan fingerprint density at radius 2 is 1.28 bits per heavy atom. The molecule has 2 rings (SSSR count). The normalized spacial score (nSPS) is 11.8. The predicted molar refractivity (Wildman–Crippen MR) is 118 cm³/mol. The molecule has 0 unspecified atom stereocenters. The van der Waals surface area contributed by atoms with Crippen molar-refractivity contribution in [1.82, 2.24) is 0 Å². The average molecular weight is 443 g/mol. The van der Waals surface area contributed by atoms with Crippen molar-refractivity contribution in [3.63, 3.8) is 0 Å². The van der Waals surface area contributed by atoms with Crippen LogP contribution in [0, 0.1) is 0 Å². The summed E-state index contributed by atoms with van der Waals surface area (Å²) in [7, 11) is 0. The van der Waals surface area contributed by atoms with E-state index in [1.165, 1.54) is 68.2 Å². The minimum atomic E-state index is -2.43. The number of fused-ring (bicyclic) bond motifs is 1. The van der Waals surface area contributed by atoms with Crippen LogP contribution in [0.15, 0.2) is 49.0 Å². The molecule has 0 spiro atoms. The van der Waals surface area contributed by atoms with Gasteiger partial charge in [0.2, 0.25) is 0 Å². The summed E-state index contributed by atoms with van der Waals surface area (Å²) in [5.74, 6) is 0. The van der Waals surface area contributed by atoms with Gasteiger partial charge in [-0.05, 0) is 0 Å². The van der Waals surface area contributed by atoms with E-state index in [1.807, 2.05) is 0 Å². The fourth-order valence-corrected chi connectivity index (χ4v) is 19.9. The van der Waals surface area contributed by atoms with Gasteiger partial charge in [0, 0.05) is 0 Å². The number of rotatable bonds is 11. The van der Waals surface area contributed by atoms with Gasteiger partial charge >= 0.3 is 160 Å². The molecule has 0 atom stereocenters. The fraction of sp³-hybridized carbons (Fsp3) is 0.500. The molecule has 0 aliphatic carbocycles. The summed E-state index contributed by atoms with van der Waals surface area (Å²) < 4.78 is 6.08. The Morgan fingerprint density at radius 1 is 0.760 bits per heavy atom. The molecule has 2 aromatic rings. The van der Waals surface area contributed by atoms with E-state index in [4.69, 9.17) is 6.58 Å². The van der Waals surface area contributed by atoms with Crippen LogP contribution < -0.4 is 0 Å².